The number of carboxylic acid groups (broad SMARTS) is 1. The highest BCUT2D eigenvalue weighted by Crippen LogP contribution is 2.42. The number of ether oxygens (including phenoxy) is 1. The molecule has 0 spiro atoms. The highest BCUT2D eigenvalue weighted by molar-refractivity contribution is 5.96. The summed E-state index contributed by atoms with van der Waals surface area (Å²) < 4.78 is 5.25. The van der Waals surface area contributed by atoms with E-state index in [4.69, 9.17) is 9.84 Å². The Hall–Kier alpha value is -1.10. The van der Waals surface area contributed by atoms with Crippen molar-refractivity contribution in [1.29, 1.82) is 0 Å². The standard InChI is InChI=1S/C11H19NO4/c1-6(10(14)15)9(13)12-7-5-8(16-4)11(7,2)3/h6-8H,5H2,1-4H3,(H,12,13)(H,14,15). The molecule has 3 unspecified atom stereocenters. The third kappa shape index (κ3) is 2.19. The monoisotopic (exact) mass is 229 g/mol. The van der Waals surface area contributed by atoms with Crippen LogP contribution in [0.15, 0.2) is 0 Å². The van der Waals surface area contributed by atoms with E-state index in [1.165, 1.54) is 6.92 Å². The Bertz CT molecular complexity index is 300. The fourth-order valence-corrected chi connectivity index (χ4v) is 1.94. The molecule has 0 aromatic rings. The molecule has 0 heterocycles. The zero-order valence-corrected chi connectivity index (χ0v) is 10.1. The van der Waals surface area contributed by atoms with Crippen LogP contribution in [0.4, 0.5) is 0 Å². The number of carbonyl (C=O) groups excluding carboxylic acids is 1. The van der Waals surface area contributed by atoms with Gasteiger partial charge < -0.3 is 15.2 Å². The third-order valence-corrected chi connectivity index (χ3v) is 3.54. The first-order valence-corrected chi connectivity index (χ1v) is 5.36. The molecule has 16 heavy (non-hydrogen) atoms. The molecule has 0 aliphatic heterocycles. The van der Waals surface area contributed by atoms with Gasteiger partial charge in [0.1, 0.15) is 5.92 Å². The summed E-state index contributed by atoms with van der Waals surface area (Å²) in [5.41, 5.74) is -0.136. The largest absolute Gasteiger partial charge is 0.481 e. The highest BCUT2D eigenvalue weighted by atomic mass is 16.5. The summed E-state index contributed by atoms with van der Waals surface area (Å²) in [6.45, 7) is 5.39. The summed E-state index contributed by atoms with van der Waals surface area (Å²) in [5, 5.41) is 11.5. The molecule has 0 aromatic heterocycles. The predicted octanol–water partition coefficient (Wildman–Crippen LogP) is 0.637. The minimum Gasteiger partial charge on any atom is -0.481 e. The maximum Gasteiger partial charge on any atom is 0.315 e. The average Bonchev–Trinajstić information content (AvgIpc) is 2.21. The second kappa shape index (κ2) is 4.41. The number of methoxy groups -OCH3 is 1. The summed E-state index contributed by atoms with van der Waals surface area (Å²) in [4.78, 5) is 22.2. The van der Waals surface area contributed by atoms with Crippen molar-refractivity contribution in [3.63, 3.8) is 0 Å². The second-order valence-electron chi connectivity index (χ2n) is 4.90. The molecule has 1 amide bonds. The molecule has 92 valence electrons. The molecule has 0 aromatic carbocycles. The van der Waals surface area contributed by atoms with Crippen LogP contribution in [-0.2, 0) is 14.3 Å². The van der Waals surface area contributed by atoms with Crippen molar-refractivity contribution < 1.29 is 19.4 Å². The summed E-state index contributed by atoms with van der Waals surface area (Å²) in [6.07, 6.45) is 0.861. The van der Waals surface area contributed by atoms with E-state index in [9.17, 15) is 9.59 Å². The van der Waals surface area contributed by atoms with Crippen molar-refractivity contribution >= 4 is 11.9 Å². The number of carboxylic acids is 1. The van der Waals surface area contributed by atoms with Crippen molar-refractivity contribution in [3.05, 3.63) is 0 Å². The Labute approximate surface area is 95.2 Å². The summed E-state index contributed by atoms with van der Waals surface area (Å²) in [7, 11) is 1.64. The number of hydrogen-bond acceptors (Lipinski definition) is 3. The van der Waals surface area contributed by atoms with Gasteiger partial charge in [-0.15, -0.1) is 0 Å². The van der Waals surface area contributed by atoms with E-state index in [0.29, 0.717) is 0 Å². The van der Waals surface area contributed by atoms with Gasteiger partial charge in [-0.1, -0.05) is 13.8 Å². The molecule has 1 fully saturated rings. The summed E-state index contributed by atoms with van der Waals surface area (Å²) in [5.74, 6) is -2.53. The molecule has 1 saturated carbocycles. The first-order valence-electron chi connectivity index (χ1n) is 5.36. The van der Waals surface area contributed by atoms with E-state index in [-0.39, 0.29) is 17.6 Å². The SMILES string of the molecule is COC1CC(NC(=O)C(C)C(=O)O)C1(C)C. The van der Waals surface area contributed by atoms with E-state index < -0.39 is 17.8 Å². The Balaban J connectivity index is 2.52. The van der Waals surface area contributed by atoms with Crippen LogP contribution in [0.5, 0.6) is 0 Å². The normalized spacial score (nSPS) is 29.0. The quantitative estimate of drug-likeness (QED) is 0.693. The fraction of sp³-hybridized carbons (Fsp3) is 0.818. The minimum atomic E-state index is -1.10. The zero-order chi connectivity index (χ0) is 12.5. The van der Waals surface area contributed by atoms with E-state index in [1.54, 1.807) is 7.11 Å². The van der Waals surface area contributed by atoms with Crippen LogP contribution in [0.1, 0.15) is 27.2 Å². The Morgan fingerprint density at radius 1 is 1.50 bits per heavy atom. The van der Waals surface area contributed by atoms with Crippen LogP contribution in [0, 0.1) is 11.3 Å². The van der Waals surface area contributed by atoms with E-state index in [0.717, 1.165) is 6.42 Å². The van der Waals surface area contributed by atoms with Gasteiger partial charge in [-0.3, -0.25) is 9.59 Å². The lowest BCUT2D eigenvalue weighted by Gasteiger charge is -2.51. The van der Waals surface area contributed by atoms with Crippen molar-refractivity contribution in [1.82, 2.24) is 5.32 Å². The lowest BCUT2D eigenvalue weighted by molar-refractivity contribution is -0.149. The maximum atomic E-state index is 11.5. The first kappa shape index (κ1) is 13.0. The second-order valence-corrected chi connectivity index (χ2v) is 4.90. The Morgan fingerprint density at radius 3 is 2.44 bits per heavy atom. The molecule has 5 nitrogen and oxygen atoms in total. The van der Waals surface area contributed by atoms with Gasteiger partial charge in [0.05, 0.1) is 6.10 Å². The maximum absolute atomic E-state index is 11.5. The van der Waals surface area contributed by atoms with Crippen molar-refractivity contribution in [3.8, 4) is 0 Å². The van der Waals surface area contributed by atoms with Gasteiger partial charge >= 0.3 is 5.97 Å². The van der Waals surface area contributed by atoms with Crippen LogP contribution in [0.25, 0.3) is 0 Å². The highest BCUT2D eigenvalue weighted by Gasteiger charge is 2.49. The van der Waals surface area contributed by atoms with E-state index in [1.807, 2.05) is 13.8 Å². The number of aliphatic carboxylic acids is 1. The first-order chi connectivity index (χ1) is 7.30. The molecule has 0 radical (unpaired) electrons. The van der Waals surface area contributed by atoms with Gasteiger partial charge in [0.15, 0.2) is 0 Å². The lowest BCUT2D eigenvalue weighted by atomic mass is 9.64. The molecule has 2 N–H and O–H groups in total. The van der Waals surface area contributed by atoms with E-state index in [2.05, 4.69) is 5.32 Å². The minimum absolute atomic E-state index is 0.00764. The van der Waals surface area contributed by atoms with Crippen LogP contribution < -0.4 is 5.32 Å². The molecule has 1 aliphatic rings. The van der Waals surface area contributed by atoms with Crippen LogP contribution in [0.3, 0.4) is 0 Å². The Morgan fingerprint density at radius 2 is 2.06 bits per heavy atom. The number of carbonyl (C=O) groups is 2. The van der Waals surface area contributed by atoms with Gasteiger partial charge in [-0.25, -0.2) is 0 Å². The van der Waals surface area contributed by atoms with Gasteiger partial charge in [-0.05, 0) is 13.3 Å². The molecule has 1 rings (SSSR count). The van der Waals surface area contributed by atoms with Crippen LogP contribution >= 0.6 is 0 Å². The van der Waals surface area contributed by atoms with Crippen molar-refractivity contribution in [2.45, 2.75) is 39.3 Å². The smallest absolute Gasteiger partial charge is 0.315 e. The molecule has 5 heteroatoms. The number of amides is 1. The molecule has 1 aliphatic carbocycles. The summed E-state index contributed by atoms with van der Waals surface area (Å²) >= 11 is 0. The predicted molar refractivity (Wildman–Crippen MR) is 57.9 cm³/mol. The van der Waals surface area contributed by atoms with Crippen molar-refractivity contribution in [2.24, 2.45) is 11.3 Å². The lowest BCUT2D eigenvalue weighted by Crippen LogP contribution is -2.62. The fourth-order valence-electron chi connectivity index (χ4n) is 1.94. The Kier molecular flexibility index (Phi) is 3.57. The van der Waals surface area contributed by atoms with Gasteiger partial charge in [0, 0.05) is 18.6 Å². The average molecular weight is 229 g/mol. The van der Waals surface area contributed by atoms with Crippen molar-refractivity contribution in [2.75, 3.05) is 7.11 Å². The van der Waals surface area contributed by atoms with Crippen LogP contribution in [-0.4, -0.2) is 36.2 Å². The number of rotatable bonds is 4. The van der Waals surface area contributed by atoms with Gasteiger partial charge in [0.2, 0.25) is 5.91 Å². The molecule has 3 atom stereocenters. The number of nitrogens with one attached hydrogen (secondary N) is 1. The topological polar surface area (TPSA) is 75.6 Å². The third-order valence-electron chi connectivity index (χ3n) is 3.54. The van der Waals surface area contributed by atoms with E-state index >= 15 is 0 Å². The summed E-state index contributed by atoms with van der Waals surface area (Å²) in [6, 6.07) is -0.00764. The van der Waals surface area contributed by atoms with Gasteiger partial charge in [0.25, 0.3) is 0 Å². The zero-order valence-electron chi connectivity index (χ0n) is 10.1. The molecule has 0 bridgehead atoms. The molecular weight excluding hydrogens is 210 g/mol. The molecule has 0 saturated heterocycles. The van der Waals surface area contributed by atoms with Gasteiger partial charge in [-0.2, -0.15) is 0 Å². The van der Waals surface area contributed by atoms with Crippen LogP contribution in [0.2, 0.25) is 0 Å². The number of hydrogen-bond donors (Lipinski definition) is 2. The molecular formula is C11H19NO4.